The highest BCUT2D eigenvalue weighted by Crippen LogP contribution is 2.19. The molecule has 0 unspecified atom stereocenters. The Morgan fingerprint density at radius 2 is 1.53 bits per heavy atom. The Bertz CT molecular complexity index is 877. The van der Waals surface area contributed by atoms with Crippen molar-refractivity contribution in [3.63, 3.8) is 0 Å². The van der Waals surface area contributed by atoms with Crippen LogP contribution in [0.2, 0.25) is 0 Å². The van der Waals surface area contributed by atoms with Crippen molar-refractivity contribution in [2.24, 2.45) is 0 Å². The zero-order chi connectivity index (χ0) is 12.7. The van der Waals surface area contributed by atoms with Crippen molar-refractivity contribution in [2.45, 2.75) is 0 Å². The van der Waals surface area contributed by atoms with Crippen LogP contribution in [0.4, 0.5) is 0 Å². The molecular formula is C16H11N3. The maximum Gasteiger partial charge on any atom is 0.154 e. The number of fused-ring (bicyclic) bond motifs is 2. The van der Waals surface area contributed by atoms with E-state index < -0.39 is 0 Å². The molecule has 4 aromatic rings. The summed E-state index contributed by atoms with van der Waals surface area (Å²) in [5.41, 5.74) is 2.06. The fourth-order valence-electron chi connectivity index (χ4n) is 2.33. The summed E-state index contributed by atoms with van der Waals surface area (Å²) in [7, 11) is 0. The van der Waals surface area contributed by atoms with Crippen molar-refractivity contribution in [1.82, 2.24) is 14.8 Å². The second kappa shape index (κ2) is 3.92. The number of nitrogens with zero attached hydrogens (tertiary/aromatic N) is 3. The third kappa shape index (κ3) is 1.59. The van der Waals surface area contributed by atoms with E-state index in [9.17, 15) is 0 Å². The van der Waals surface area contributed by atoms with Gasteiger partial charge in [0.1, 0.15) is 0 Å². The lowest BCUT2D eigenvalue weighted by Gasteiger charge is -2.04. The number of para-hydroxylation sites is 2. The van der Waals surface area contributed by atoms with Gasteiger partial charge in [0.05, 0.1) is 17.2 Å². The zero-order valence-corrected chi connectivity index (χ0v) is 10.2. The minimum atomic E-state index is 0.847. The molecule has 0 aliphatic heterocycles. The number of aromatic nitrogens is 3. The molecule has 0 spiro atoms. The van der Waals surface area contributed by atoms with Crippen molar-refractivity contribution in [3.8, 4) is 5.82 Å². The van der Waals surface area contributed by atoms with Gasteiger partial charge in [0.15, 0.2) is 5.82 Å². The summed E-state index contributed by atoms with van der Waals surface area (Å²) in [5, 5.41) is 6.69. The van der Waals surface area contributed by atoms with Crippen molar-refractivity contribution < 1.29 is 0 Å². The molecule has 0 saturated carbocycles. The molecule has 0 saturated heterocycles. The van der Waals surface area contributed by atoms with Gasteiger partial charge in [-0.1, -0.05) is 36.4 Å². The van der Waals surface area contributed by atoms with Crippen LogP contribution in [0.3, 0.4) is 0 Å². The van der Waals surface area contributed by atoms with Crippen LogP contribution in [0.25, 0.3) is 27.6 Å². The van der Waals surface area contributed by atoms with Gasteiger partial charge in [-0.2, -0.15) is 5.10 Å². The lowest BCUT2D eigenvalue weighted by molar-refractivity contribution is 0.881. The first-order valence-electron chi connectivity index (χ1n) is 6.21. The largest absolute Gasteiger partial charge is 0.229 e. The van der Waals surface area contributed by atoms with Crippen LogP contribution in [0, 0.1) is 0 Å². The number of hydrogen-bond donors (Lipinski definition) is 0. The Morgan fingerprint density at radius 1 is 0.737 bits per heavy atom. The normalized spacial score (nSPS) is 11.2. The number of pyridine rings is 1. The van der Waals surface area contributed by atoms with E-state index in [0.717, 1.165) is 27.6 Å². The highest BCUT2D eigenvalue weighted by Gasteiger charge is 2.05. The van der Waals surface area contributed by atoms with Crippen LogP contribution >= 0.6 is 0 Å². The van der Waals surface area contributed by atoms with Gasteiger partial charge in [0.2, 0.25) is 0 Å². The molecule has 0 bridgehead atoms. The van der Waals surface area contributed by atoms with Gasteiger partial charge in [0, 0.05) is 10.8 Å². The number of benzene rings is 2. The Morgan fingerprint density at radius 3 is 2.47 bits per heavy atom. The summed E-state index contributed by atoms with van der Waals surface area (Å²) >= 11 is 0. The van der Waals surface area contributed by atoms with Gasteiger partial charge >= 0.3 is 0 Å². The van der Waals surface area contributed by atoms with Gasteiger partial charge < -0.3 is 0 Å². The van der Waals surface area contributed by atoms with Crippen molar-refractivity contribution in [1.29, 1.82) is 0 Å². The summed E-state index contributed by atoms with van der Waals surface area (Å²) in [6, 6.07) is 20.3. The molecule has 3 nitrogen and oxygen atoms in total. The van der Waals surface area contributed by atoms with E-state index in [1.165, 1.54) is 0 Å². The van der Waals surface area contributed by atoms with Crippen molar-refractivity contribution >= 4 is 21.8 Å². The lowest BCUT2D eigenvalue weighted by Crippen LogP contribution is -1.99. The standard InChI is InChI=1S/C16H11N3/c1-3-7-14-12(5-1)9-10-16(18-14)19-15-8-4-2-6-13(15)11-17-19/h1-11H. The number of rotatable bonds is 1. The minimum absolute atomic E-state index is 0.847. The van der Waals surface area contributed by atoms with Crippen molar-refractivity contribution in [3.05, 3.63) is 66.9 Å². The molecule has 0 aliphatic rings. The van der Waals surface area contributed by atoms with Gasteiger partial charge in [-0.05, 0) is 24.3 Å². The fourth-order valence-corrected chi connectivity index (χ4v) is 2.33. The van der Waals surface area contributed by atoms with E-state index >= 15 is 0 Å². The number of hydrogen-bond acceptors (Lipinski definition) is 2. The van der Waals surface area contributed by atoms with E-state index in [4.69, 9.17) is 0 Å². The van der Waals surface area contributed by atoms with Gasteiger partial charge in [-0.3, -0.25) is 0 Å². The Kier molecular flexibility index (Phi) is 2.12. The van der Waals surface area contributed by atoms with Crippen LogP contribution in [0.1, 0.15) is 0 Å². The SMILES string of the molecule is c1ccc2nc(-n3ncc4ccccc43)ccc2c1. The minimum Gasteiger partial charge on any atom is -0.229 e. The molecule has 3 heteroatoms. The van der Waals surface area contributed by atoms with Crippen LogP contribution in [0.15, 0.2) is 66.9 Å². The zero-order valence-electron chi connectivity index (χ0n) is 10.2. The van der Waals surface area contributed by atoms with E-state index in [0.29, 0.717) is 0 Å². The van der Waals surface area contributed by atoms with Crippen LogP contribution in [-0.4, -0.2) is 14.8 Å². The fraction of sp³-hybridized carbons (Fsp3) is 0. The maximum absolute atomic E-state index is 4.67. The average Bonchev–Trinajstić information content (AvgIpc) is 2.91. The molecule has 0 aliphatic carbocycles. The van der Waals surface area contributed by atoms with Crippen LogP contribution in [-0.2, 0) is 0 Å². The summed E-state index contributed by atoms with van der Waals surface area (Å²) in [5.74, 6) is 0.847. The lowest BCUT2D eigenvalue weighted by atomic mass is 10.2. The van der Waals surface area contributed by atoms with Crippen LogP contribution < -0.4 is 0 Å². The first-order valence-corrected chi connectivity index (χ1v) is 6.21. The molecule has 2 aromatic heterocycles. The Hall–Kier alpha value is -2.68. The molecule has 0 atom stereocenters. The molecule has 0 amide bonds. The second-order valence-corrected chi connectivity index (χ2v) is 4.48. The molecule has 2 aromatic carbocycles. The summed E-state index contributed by atoms with van der Waals surface area (Å²) in [4.78, 5) is 4.67. The molecule has 4 rings (SSSR count). The molecule has 0 N–H and O–H groups in total. The molecule has 0 fully saturated rings. The van der Waals surface area contributed by atoms with Gasteiger partial charge in [-0.15, -0.1) is 0 Å². The summed E-state index contributed by atoms with van der Waals surface area (Å²) in [6.07, 6.45) is 1.87. The first-order chi connectivity index (χ1) is 9.42. The molecule has 90 valence electrons. The quantitative estimate of drug-likeness (QED) is 0.513. The van der Waals surface area contributed by atoms with E-state index in [2.05, 4.69) is 34.3 Å². The first kappa shape index (κ1) is 10.3. The molecular weight excluding hydrogens is 234 g/mol. The van der Waals surface area contributed by atoms with E-state index in [1.54, 1.807) is 0 Å². The highest BCUT2D eigenvalue weighted by molar-refractivity contribution is 5.82. The van der Waals surface area contributed by atoms with Gasteiger partial charge in [-0.25, -0.2) is 9.67 Å². The smallest absolute Gasteiger partial charge is 0.154 e. The third-order valence-electron chi connectivity index (χ3n) is 3.28. The molecule has 2 heterocycles. The van der Waals surface area contributed by atoms with Crippen LogP contribution in [0.5, 0.6) is 0 Å². The third-order valence-corrected chi connectivity index (χ3v) is 3.28. The summed E-state index contributed by atoms with van der Waals surface area (Å²) in [6.45, 7) is 0. The topological polar surface area (TPSA) is 30.7 Å². The van der Waals surface area contributed by atoms with Gasteiger partial charge in [0.25, 0.3) is 0 Å². The van der Waals surface area contributed by atoms with E-state index in [1.807, 2.05) is 47.3 Å². The monoisotopic (exact) mass is 245 g/mol. The predicted molar refractivity (Wildman–Crippen MR) is 76.4 cm³/mol. The molecule has 0 radical (unpaired) electrons. The van der Waals surface area contributed by atoms with E-state index in [-0.39, 0.29) is 0 Å². The highest BCUT2D eigenvalue weighted by atomic mass is 15.3. The Labute approximate surface area is 110 Å². The average molecular weight is 245 g/mol. The second-order valence-electron chi connectivity index (χ2n) is 4.48. The summed E-state index contributed by atoms with van der Waals surface area (Å²) < 4.78 is 1.88. The maximum atomic E-state index is 4.67. The Balaban J connectivity index is 1.99. The van der Waals surface area contributed by atoms with Crippen molar-refractivity contribution in [2.75, 3.05) is 0 Å². The molecule has 19 heavy (non-hydrogen) atoms. The predicted octanol–water partition coefficient (Wildman–Crippen LogP) is 3.57.